The molecule has 1 aromatic carbocycles. The number of carboxylic acid groups (broad SMARTS) is 6. The SMILES string of the molecule is CC[C@H](C)[C@H](NC(=O)[C@@H]1CCCN1C(=O)[C@H](CCC(=O)O)NC(=O)[C@H](Cc1ccc(O)cc1)NC(=O)[C@H](CC(=O)O)NC(=O)CNC(=O)CNC(=O)CNC(=O)CNC(=O)CSCC(=O)[C@H](CCCNC(=N)N)NC(=O)[C@@H]1CCCN1C(=O)[C@H](N)CC1CCCCC1)C(=O)N1CCC[C@H]1C(=O)N[C@@H](CCC(=O)O)C(=O)N[C@@H](CCC(=O)O)C(=O)N[C@@H](C)C(=O)N[C@@H](CC1CCCCC1)C(=O)N[C@H](CCC(=O)O)C(=O)O. The zero-order valence-electron chi connectivity index (χ0n) is 81.4. The predicted molar refractivity (Wildman–Crippen MR) is 512 cm³/mol. The molecule has 145 heavy (non-hydrogen) atoms. The molecular weight excluding hydrogens is 1930 g/mol. The Morgan fingerprint density at radius 1 is 0.400 bits per heavy atom. The number of aliphatic carboxylic acids is 6. The van der Waals surface area contributed by atoms with Gasteiger partial charge in [0.1, 0.15) is 78.3 Å². The number of phenols is 1. The fourth-order valence-electron chi connectivity index (χ4n) is 17.6. The van der Waals surface area contributed by atoms with Gasteiger partial charge in [-0.15, -0.1) is 11.8 Å². The first kappa shape index (κ1) is 120. The van der Waals surface area contributed by atoms with E-state index in [0.717, 1.165) is 72.9 Å². The van der Waals surface area contributed by atoms with E-state index in [1.165, 1.54) is 36.1 Å². The Morgan fingerprint density at radius 3 is 1.30 bits per heavy atom. The number of carbonyl (C=O) groups is 24. The van der Waals surface area contributed by atoms with Crippen LogP contribution < -0.4 is 91.2 Å². The summed E-state index contributed by atoms with van der Waals surface area (Å²) in [6.07, 6.45) is 4.06. The minimum absolute atomic E-state index is 0.0223. The van der Waals surface area contributed by atoms with Gasteiger partial charge in [-0.3, -0.25) is 116 Å². The summed E-state index contributed by atoms with van der Waals surface area (Å²) in [6.45, 7) is 1.47. The van der Waals surface area contributed by atoms with Crippen LogP contribution in [0, 0.1) is 23.2 Å². The second-order valence-corrected chi connectivity index (χ2v) is 37.9. The third-order valence-electron chi connectivity index (χ3n) is 25.7. The van der Waals surface area contributed by atoms with Crippen LogP contribution in [-0.4, -0.2) is 347 Å². The maximum absolute atomic E-state index is 15.0. The lowest BCUT2D eigenvalue weighted by Gasteiger charge is -2.34. The number of carbonyl (C=O) groups excluding carboxylic acids is 18. The molecule has 3 aliphatic heterocycles. The van der Waals surface area contributed by atoms with E-state index in [1.54, 1.807) is 13.8 Å². The molecule has 0 unspecified atom stereocenters. The number of rotatable bonds is 62. The van der Waals surface area contributed by atoms with Crippen LogP contribution in [0.4, 0.5) is 0 Å². The molecule has 5 aliphatic rings. The molecule has 0 spiro atoms. The number of ketones is 1. The number of aromatic hydroxyl groups is 1. The quantitative estimate of drug-likeness (QED) is 0.0165. The Morgan fingerprint density at radius 2 is 0.807 bits per heavy atom. The van der Waals surface area contributed by atoms with Crippen LogP contribution in [0.2, 0.25) is 0 Å². The van der Waals surface area contributed by atoms with Gasteiger partial charge >= 0.3 is 35.8 Å². The number of Topliss-reactive ketones (excluding diaryl/α,β-unsaturated/α-hetero) is 1. The zero-order valence-corrected chi connectivity index (χ0v) is 82.3. The summed E-state index contributed by atoms with van der Waals surface area (Å²) in [5, 5.41) is 112. The number of amides is 17. The summed E-state index contributed by atoms with van der Waals surface area (Å²) in [6, 6.07) is -15.9. The number of nitrogens with zero attached hydrogens (tertiary/aromatic N) is 3. The highest BCUT2D eigenvalue weighted by Crippen LogP contribution is 2.32. The van der Waals surface area contributed by atoms with Gasteiger partial charge in [-0.1, -0.05) is 96.6 Å². The van der Waals surface area contributed by atoms with Crippen molar-refractivity contribution < 1.29 is 151 Å². The molecule has 6 rings (SSSR count). The average Bonchev–Trinajstić information content (AvgIpc) is 1.70. The Hall–Kier alpha value is -13.9. The van der Waals surface area contributed by atoms with Crippen LogP contribution in [0.5, 0.6) is 5.75 Å². The number of benzene rings is 1. The summed E-state index contributed by atoms with van der Waals surface area (Å²) >= 11 is 0.880. The van der Waals surface area contributed by atoms with Crippen molar-refractivity contribution in [3.05, 3.63) is 29.8 Å². The Labute approximate surface area is 839 Å². The summed E-state index contributed by atoms with van der Waals surface area (Å²) in [4.78, 5) is 325. The fraction of sp³-hybridized carbons (Fsp3) is 0.663. The number of nitrogens with one attached hydrogen (secondary N) is 16. The standard InChI is InChI=1S/C92H139N21O31S/c1-4-49(2)78(90(142)113-38-14-21-65(113)86(138)105-58(28-32-74(123)124)81(133)104-57(27-31-73(121)122)80(132)101-50(3)79(131)108-61(40-52-17-9-6-10-18-52)83(135)107-60(91(143)144)30-34-76(127)128)110-87(139)66-22-13-37-112(66)89(141)59(29-33-75(125)126)106-82(134)62(41-53-23-25-54(114)26-24-53)109-84(136)63(42-77(129)130)102-71(119)46-99-69(117)44-97-68(116)43-98-70(118)45-100-72(120)48-145-47-67(115)56(19-11-35-96-92(94)95)103-85(137)64-20-12-36-111(64)88(140)55(93)39-51-15-7-5-8-16-51/h23-26,49-52,55-66,78,114H,4-22,27-48,93H2,1-3H3,(H,97,116)(H,98,118)(H,99,117)(H,100,120)(H,101,132)(H,102,119)(H,103,137)(H,104,133)(H,105,138)(H,106,134)(H,107,135)(H,108,131)(H,109,136)(H,110,139)(H,121,122)(H,123,124)(H,125,126)(H,127,128)(H,129,130)(H,143,144)(H4,94,95,96)/t49-,50-,55+,56-,57-,58-,59-,60+,61-,62-,63-,64-,65-,66-,78-/m0/s1. The van der Waals surface area contributed by atoms with Gasteiger partial charge in [0.15, 0.2) is 11.7 Å². The van der Waals surface area contributed by atoms with Gasteiger partial charge in [0.2, 0.25) is 100 Å². The fourth-order valence-corrected chi connectivity index (χ4v) is 18.4. The van der Waals surface area contributed by atoms with Crippen molar-refractivity contribution in [2.75, 3.05) is 63.9 Å². The topological polar surface area (TPSA) is 817 Å². The largest absolute Gasteiger partial charge is 0.508 e. The van der Waals surface area contributed by atoms with Crippen molar-refractivity contribution >= 4 is 160 Å². The van der Waals surface area contributed by atoms with E-state index in [2.05, 4.69) is 79.8 Å². The molecule has 1 aromatic rings. The first-order valence-corrected chi connectivity index (χ1v) is 49.9. The number of hydrogen-bond donors (Lipinski definition) is 25. The van der Waals surface area contributed by atoms with Gasteiger partial charge in [0, 0.05) is 58.3 Å². The van der Waals surface area contributed by atoms with Crippen molar-refractivity contribution in [2.45, 2.75) is 304 Å². The zero-order chi connectivity index (χ0) is 107. The van der Waals surface area contributed by atoms with Gasteiger partial charge in [0.25, 0.3) is 0 Å². The molecule has 17 amide bonds. The molecule has 804 valence electrons. The number of hydrogen-bond acceptors (Lipinski definition) is 28. The van der Waals surface area contributed by atoms with Gasteiger partial charge in [-0.2, -0.15) is 0 Å². The van der Waals surface area contributed by atoms with E-state index in [4.69, 9.17) is 16.9 Å². The number of nitrogens with two attached hydrogens (primary N) is 2. The number of thioether (sulfide) groups is 1. The molecule has 3 heterocycles. The van der Waals surface area contributed by atoms with E-state index in [0.29, 0.717) is 51.0 Å². The highest BCUT2D eigenvalue weighted by atomic mass is 32.2. The molecule has 0 bridgehead atoms. The molecule has 2 saturated carbocycles. The number of likely N-dealkylation sites (tertiary alicyclic amines) is 3. The van der Waals surface area contributed by atoms with Crippen molar-refractivity contribution in [3.63, 3.8) is 0 Å². The number of guanidine groups is 1. The highest BCUT2D eigenvalue weighted by molar-refractivity contribution is 8.00. The monoisotopic (exact) mass is 2070 g/mol. The highest BCUT2D eigenvalue weighted by Gasteiger charge is 2.46. The lowest BCUT2D eigenvalue weighted by atomic mass is 9.84. The van der Waals surface area contributed by atoms with Crippen LogP contribution in [0.25, 0.3) is 0 Å². The van der Waals surface area contributed by atoms with Crippen LogP contribution in [-0.2, 0) is 121 Å². The first-order chi connectivity index (χ1) is 68.7. The molecule has 52 nitrogen and oxygen atoms in total. The van der Waals surface area contributed by atoms with Crippen LogP contribution in [0.3, 0.4) is 0 Å². The van der Waals surface area contributed by atoms with Crippen molar-refractivity contribution in [1.29, 1.82) is 5.41 Å². The summed E-state index contributed by atoms with van der Waals surface area (Å²) in [5.41, 5.74) is 12.0. The van der Waals surface area contributed by atoms with Gasteiger partial charge < -0.3 is 142 Å². The van der Waals surface area contributed by atoms with E-state index in [9.17, 15) is 151 Å². The van der Waals surface area contributed by atoms with E-state index >= 15 is 0 Å². The van der Waals surface area contributed by atoms with E-state index in [-0.39, 0.29) is 105 Å². The molecule has 5 fully saturated rings. The minimum atomic E-state index is -2.03. The predicted octanol–water partition coefficient (Wildman–Crippen LogP) is -4.86. The van der Waals surface area contributed by atoms with Crippen molar-refractivity contribution in [1.82, 2.24) is 94.5 Å². The summed E-state index contributed by atoms with van der Waals surface area (Å²) in [7, 11) is 0. The maximum atomic E-state index is 15.0. The summed E-state index contributed by atoms with van der Waals surface area (Å²) in [5.74, 6) is -27.4. The Kier molecular flexibility index (Phi) is 50.6. The molecular formula is C92H139N21O31S. The van der Waals surface area contributed by atoms with Crippen molar-refractivity contribution in [3.8, 4) is 5.75 Å². The smallest absolute Gasteiger partial charge is 0.326 e. The summed E-state index contributed by atoms with van der Waals surface area (Å²) < 4.78 is 0. The molecule has 0 radical (unpaired) electrons. The molecule has 0 aromatic heterocycles. The van der Waals surface area contributed by atoms with Crippen LogP contribution in [0.15, 0.2) is 24.3 Å². The molecule has 3 saturated heterocycles. The molecule has 2 aliphatic carbocycles. The van der Waals surface area contributed by atoms with Crippen molar-refractivity contribution in [2.24, 2.45) is 29.2 Å². The molecule has 53 heteroatoms. The Bertz CT molecular complexity index is 4770. The normalized spacial score (nSPS) is 18.2. The van der Waals surface area contributed by atoms with Gasteiger partial charge in [-0.25, -0.2) is 4.79 Å². The third-order valence-corrected chi connectivity index (χ3v) is 26.6. The van der Waals surface area contributed by atoms with E-state index in [1.807, 2.05) is 0 Å². The van der Waals surface area contributed by atoms with Crippen LogP contribution >= 0.6 is 11.8 Å². The van der Waals surface area contributed by atoms with Gasteiger partial charge in [-0.05, 0) is 132 Å². The number of carboxylic acids is 6. The average molecular weight is 2070 g/mol. The van der Waals surface area contributed by atoms with Gasteiger partial charge in [0.05, 0.1) is 56.2 Å². The lowest BCUT2D eigenvalue weighted by Crippen LogP contribution is -2.61. The second kappa shape index (κ2) is 61.3. The molecule has 15 atom stereocenters. The first-order valence-electron chi connectivity index (χ1n) is 48.8. The minimum Gasteiger partial charge on any atom is -0.508 e. The second-order valence-electron chi connectivity index (χ2n) is 36.9. The van der Waals surface area contributed by atoms with Crippen LogP contribution in [0.1, 0.15) is 219 Å². The van der Waals surface area contributed by atoms with E-state index < -0.39 is 317 Å². The third kappa shape index (κ3) is 42.1. The maximum Gasteiger partial charge on any atom is 0.326 e. The molecule has 27 N–H and O–H groups in total. The Balaban J connectivity index is 1.03. The lowest BCUT2D eigenvalue weighted by molar-refractivity contribution is -0.146. The number of phenolic OH excluding ortho intramolecular Hbond substituents is 1.